The summed E-state index contributed by atoms with van der Waals surface area (Å²) in [5.74, 6) is -11.6. The van der Waals surface area contributed by atoms with Crippen LogP contribution in [0.5, 0.6) is 0 Å². The second kappa shape index (κ2) is 6.15. The van der Waals surface area contributed by atoms with E-state index >= 15 is 0 Å². The van der Waals surface area contributed by atoms with E-state index in [4.69, 9.17) is 4.42 Å². The highest BCUT2D eigenvalue weighted by atomic mass is 19.2. The zero-order valence-corrected chi connectivity index (χ0v) is 12.6. The monoisotopic (exact) mass is 356 g/mol. The van der Waals surface area contributed by atoms with Gasteiger partial charge in [-0.3, -0.25) is 4.79 Å². The third-order valence-electron chi connectivity index (χ3n) is 3.42. The molecule has 0 aliphatic heterocycles. The van der Waals surface area contributed by atoms with Gasteiger partial charge in [-0.25, -0.2) is 26.9 Å². The topological polar surface area (TPSA) is 55.1 Å². The molecule has 0 aliphatic carbocycles. The summed E-state index contributed by atoms with van der Waals surface area (Å²) in [7, 11) is 0. The third kappa shape index (κ3) is 2.81. The van der Waals surface area contributed by atoms with Crippen molar-refractivity contribution >= 4 is 22.7 Å². The highest BCUT2D eigenvalue weighted by Gasteiger charge is 2.29. The Bertz CT molecular complexity index is 971. The summed E-state index contributed by atoms with van der Waals surface area (Å²) < 4.78 is 72.5. The van der Waals surface area contributed by atoms with Crippen molar-refractivity contribution in [2.75, 3.05) is 5.32 Å². The molecular formula is C16H9F5N2O2. The summed E-state index contributed by atoms with van der Waals surface area (Å²) in [5, 5.41) is 2.54. The Morgan fingerprint density at radius 1 is 1.04 bits per heavy atom. The molecule has 0 fully saturated rings. The number of amides is 1. The molecule has 1 heterocycles. The number of benzene rings is 2. The SMILES string of the molecule is CCC(=O)Nc1ccc2oc(-c3c(F)c(F)c(F)c(F)c3F)nc2c1. The van der Waals surface area contributed by atoms with Crippen LogP contribution in [0.4, 0.5) is 27.6 Å². The van der Waals surface area contributed by atoms with Crippen LogP contribution < -0.4 is 5.32 Å². The van der Waals surface area contributed by atoms with Gasteiger partial charge in [0.2, 0.25) is 17.6 Å². The summed E-state index contributed by atoms with van der Waals surface area (Å²) in [4.78, 5) is 15.1. The number of anilines is 1. The van der Waals surface area contributed by atoms with Crippen molar-refractivity contribution in [1.82, 2.24) is 4.98 Å². The van der Waals surface area contributed by atoms with Crippen LogP contribution in [0.15, 0.2) is 22.6 Å². The van der Waals surface area contributed by atoms with E-state index in [1.54, 1.807) is 6.92 Å². The minimum atomic E-state index is -2.26. The van der Waals surface area contributed by atoms with Crippen LogP contribution in [-0.2, 0) is 4.79 Å². The smallest absolute Gasteiger partial charge is 0.233 e. The van der Waals surface area contributed by atoms with Gasteiger partial charge in [-0.2, -0.15) is 0 Å². The van der Waals surface area contributed by atoms with Crippen LogP contribution in [0, 0.1) is 29.1 Å². The van der Waals surface area contributed by atoms with Gasteiger partial charge >= 0.3 is 0 Å². The molecule has 0 bridgehead atoms. The zero-order valence-electron chi connectivity index (χ0n) is 12.6. The van der Waals surface area contributed by atoms with E-state index in [0.29, 0.717) is 5.69 Å². The van der Waals surface area contributed by atoms with Gasteiger partial charge in [0.1, 0.15) is 11.1 Å². The number of aromatic nitrogens is 1. The minimum Gasteiger partial charge on any atom is -0.436 e. The maximum atomic E-state index is 13.8. The number of hydrogen-bond acceptors (Lipinski definition) is 3. The highest BCUT2D eigenvalue weighted by molar-refractivity contribution is 5.92. The lowest BCUT2D eigenvalue weighted by molar-refractivity contribution is -0.115. The van der Waals surface area contributed by atoms with Crippen LogP contribution in [0.3, 0.4) is 0 Å². The van der Waals surface area contributed by atoms with Crippen molar-refractivity contribution in [2.24, 2.45) is 0 Å². The number of hydrogen-bond donors (Lipinski definition) is 1. The molecule has 1 N–H and O–H groups in total. The van der Waals surface area contributed by atoms with Crippen LogP contribution in [-0.4, -0.2) is 10.9 Å². The van der Waals surface area contributed by atoms with Gasteiger partial charge < -0.3 is 9.73 Å². The maximum absolute atomic E-state index is 13.8. The lowest BCUT2D eigenvalue weighted by atomic mass is 10.1. The van der Waals surface area contributed by atoms with E-state index in [9.17, 15) is 26.7 Å². The van der Waals surface area contributed by atoms with Gasteiger partial charge in [-0.1, -0.05) is 6.92 Å². The fourth-order valence-corrected chi connectivity index (χ4v) is 2.15. The molecule has 4 nitrogen and oxygen atoms in total. The van der Waals surface area contributed by atoms with Gasteiger partial charge in [-0.15, -0.1) is 0 Å². The summed E-state index contributed by atoms with van der Waals surface area (Å²) in [6, 6.07) is 4.15. The number of rotatable bonds is 3. The van der Waals surface area contributed by atoms with Gasteiger partial charge in [0, 0.05) is 12.1 Å². The van der Waals surface area contributed by atoms with E-state index < -0.39 is 40.5 Å². The van der Waals surface area contributed by atoms with Gasteiger partial charge in [0.15, 0.2) is 28.9 Å². The molecule has 1 amide bonds. The van der Waals surface area contributed by atoms with Crippen LogP contribution >= 0.6 is 0 Å². The first-order valence-electron chi connectivity index (χ1n) is 7.05. The number of halogens is 5. The van der Waals surface area contributed by atoms with Crippen LogP contribution in [0.1, 0.15) is 13.3 Å². The quantitative estimate of drug-likeness (QED) is 0.426. The Kier molecular flexibility index (Phi) is 4.15. The number of nitrogens with one attached hydrogen (secondary N) is 1. The molecule has 9 heteroatoms. The average Bonchev–Trinajstić information content (AvgIpc) is 3.01. The van der Waals surface area contributed by atoms with Crippen molar-refractivity contribution in [3.05, 3.63) is 47.3 Å². The Morgan fingerprint density at radius 3 is 2.24 bits per heavy atom. The van der Waals surface area contributed by atoms with E-state index in [1.807, 2.05) is 0 Å². The van der Waals surface area contributed by atoms with Gasteiger partial charge in [0.25, 0.3) is 0 Å². The maximum Gasteiger partial charge on any atom is 0.233 e. The molecule has 130 valence electrons. The number of carbonyl (C=O) groups is 1. The molecule has 25 heavy (non-hydrogen) atoms. The molecule has 0 atom stereocenters. The molecule has 3 rings (SSSR count). The van der Waals surface area contributed by atoms with Crippen molar-refractivity contribution in [2.45, 2.75) is 13.3 Å². The Balaban J connectivity index is 2.13. The molecule has 0 aliphatic rings. The second-order valence-electron chi connectivity index (χ2n) is 5.05. The lowest BCUT2D eigenvalue weighted by Gasteiger charge is -2.04. The van der Waals surface area contributed by atoms with Crippen LogP contribution in [0.2, 0.25) is 0 Å². The normalized spacial score (nSPS) is 11.1. The first-order valence-corrected chi connectivity index (χ1v) is 7.05. The fraction of sp³-hybridized carbons (Fsp3) is 0.125. The van der Waals surface area contributed by atoms with E-state index in [0.717, 1.165) is 0 Å². The Morgan fingerprint density at radius 2 is 1.64 bits per heavy atom. The largest absolute Gasteiger partial charge is 0.436 e. The third-order valence-corrected chi connectivity index (χ3v) is 3.42. The fourth-order valence-electron chi connectivity index (χ4n) is 2.15. The minimum absolute atomic E-state index is 0.0495. The van der Waals surface area contributed by atoms with Crippen molar-refractivity contribution in [3.63, 3.8) is 0 Å². The summed E-state index contributed by atoms with van der Waals surface area (Å²) in [5.41, 5.74) is -0.787. The molecule has 0 saturated heterocycles. The van der Waals surface area contributed by atoms with Gasteiger partial charge in [0.05, 0.1) is 0 Å². The standard InChI is InChI=1S/C16H9F5N2O2/c1-2-9(24)22-6-3-4-8-7(5-6)23-16(25-8)10-11(17)13(19)15(21)14(20)12(10)18/h3-5H,2H2,1H3,(H,22,24). The average molecular weight is 356 g/mol. The molecule has 0 unspecified atom stereocenters. The molecule has 0 spiro atoms. The summed E-state index contributed by atoms with van der Waals surface area (Å²) in [6.07, 6.45) is 0.229. The summed E-state index contributed by atoms with van der Waals surface area (Å²) >= 11 is 0. The van der Waals surface area contributed by atoms with E-state index in [1.165, 1.54) is 18.2 Å². The molecule has 2 aromatic carbocycles. The summed E-state index contributed by atoms with van der Waals surface area (Å²) in [6.45, 7) is 1.64. The van der Waals surface area contributed by atoms with Gasteiger partial charge in [-0.05, 0) is 18.2 Å². The lowest BCUT2D eigenvalue weighted by Crippen LogP contribution is -2.09. The molecule has 1 aromatic heterocycles. The molecule has 3 aromatic rings. The number of nitrogens with zero attached hydrogens (tertiary/aromatic N) is 1. The number of carbonyl (C=O) groups excluding carboxylic acids is 1. The van der Waals surface area contributed by atoms with E-state index in [-0.39, 0.29) is 23.4 Å². The first-order chi connectivity index (χ1) is 11.8. The van der Waals surface area contributed by atoms with Crippen molar-refractivity contribution in [1.29, 1.82) is 0 Å². The Labute approximate surface area is 137 Å². The Hall–Kier alpha value is -2.97. The molecule has 0 radical (unpaired) electrons. The van der Waals surface area contributed by atoms with E-state index in [2.05, 4.69) is 10.3 Å². The molecular weight excluding hydrogens is 347 g/mol. The second-order valence-corrected chi connectivity index (χ2v) is 5.05. The zero-order chi connectivity index (χ0) is 18.3. The van der Waals surface area contributed by atoms with Crippen molar-refractivity contribution < 1.29 is 31.2 Å². The number of oxazole rings is 1. The number of fused-ring (bicyclic) bond motifs is 1. The van der Waals surface area contributed by atoms with Crippen molar-refractivity contribution in [3.8, 4) is 11.5 Å². The first kappa shape index (κ1) is 16.9. The van der Waals surface area contributed by atoms with Crippen LogP contribution in [0.25, 0.3) is 22.6 Å². The highest BCUT2D eigenvalue weighted by Crippen LogP contribution is 2.33. The molecule has 0 saturated carbocycles. The predicted molar refractivity (Wildman–Crippen MR) is 78.2 cm³/mol. The predicted octanol–water partition coefficient (Wildman–Crippen LogP) is 4.54.